The van der Waals surface area contributed by atoms with Gasteiger partial charge in [0.1, 0.15) is 0 Å². The van der Waals surface area contributed by atoms with Crippen LogP contribution in [0.5, 0.6) is 0 Å². The van der Waals surface area contributed by atoms with Gasteiger partial charge in [0.05, 0.1) is 11.0 Å². The van der Waals surface area contributed by atoms with E-state index in [1.807, 2.05) is 13.8 Å². The third-order valence-electron chi connectivity index (χ3n) is 1.84. The molecule has 6 N–H and O–H groups in total. The summed E-state index contributed by atoms with van der Waals surface area (Å²) in [7, 11) is 0. The van der Waals surface area contributed by atoms with Gasteiger partial charge in [-0.25, -0.2) is 14.5 Å². The Morgan fingerprint density at radius 1 is 0.720 bits per heavy atom. The van der Waals surface area contributed by atoms with E-state index in [1.54, 1.807) is 20.8 Å². The van der Waals surface area contributed by atoms with Crippen molar-refractivity contribution in [3.8, 4) is 0 Å². The van der Waals surface area contributed by atoms with Gasteiger partial charge in [0.15, 0.2) is 0 Å². The molecule has 0 unspecified atom stereocenters. The average Bonchev–Trinajstić information content (AvgIpc) is 2.23. The molecule has 0 aromatic carbocycles. The molecule has 152 valence electrons. The maximum Gasteiger partial charge on any atom is 0.503 e. The zero-order valence-corrected chi connectivity index (χ0v) is 16.0. The van der Waals surface area contributed by atoms with Crippen molar-refractivity contribution in [1.29, 1.82) is 0 Å². The second-order valence-electron chi connectivity index (χ2n) is 7.71. The van der Waals surface area contributed by atoms with E-state index >= 15 is 0 Å². The van der Waals surface area contributed by atoms with E-state index in [0.29, 0.717) is 0 Å². The molecule has 0 spiro atoms. The number of hydrogen-bond acceptors (Lipinski definition) is 5. The normalized spacial score (nSPS) is 10.6. The molecule has 0 aliphatic rings. The van der Waals surface area contributed by atoms with Crippen molar-refractivity contribution in [1.82, 2.24) is 0 Å². The van der Waals surface area contributed by atoms with Crippen molar-refractivity contribution in [3.63, 3.8) is 0 Å². The van der Waals surface area contributed by atoms with E-state index in [0.717, 1.165) is 6.42 Å². The molecular weight excluding hydrogens is 340 g/mol. The van der Waals surface area contributed by atoms with Crippen LogP contribution in [0.15, 0.2) is 0 Å². The van der Waals surface area contributed by atoms with E-state index in [9.17, 15) is 4.79 Å². The zero-order chi connectivity index (χ0) is 21.6. The lowest BCUT2D eigenvalue weighted by Gasteiger charge is -2.29. The van der Waals surface area contributed by atoms with Crippen molar-refractivity contribution in [2.45, 2.75) is 67.4 Å². The second kappa shape index (κ2) is 13.2. The third kappa shape index (κ3) is 52.1. The Bertz CT molecular complexity index is 368. The van der Waals surface area contributed by atoms with Gasteiger partial charge >= 0.3 is 18.3 Å². The van der Waals surface area contributed by atoms with Crippen LogP contribution in [0.25, 0.3) is 0 Å². The lowest BCUT2D eigenvalue weighted by Crippen LogP contribution is -2.28. The van der Waals surface area contributed by atoms with Crippen LogP contribution in [-0.4, -0.2) is 54.7 Å². The van der Waals surface area contributed by atoms with Crippen molar-refractivity contribution in [2.75, 3.05) is 0 Å². The monoisotopic (exact) mass is 372 g/mol. The number of carboxylic acids is 1. The first-order valence-electron chi connectivity index (χ1n) is 7.07. The Morgan fingerprint density at radius 3 is 0.960 bits per heavy atom. The summed E-state index contributed by atoms with van der Waals surface area (Å²) in [6, 6.07) is 0. The summed E-state index contributed by atoms with van der Waals surface area (Å²) in [5, 5.41) is 44.6. The smallest absolute Gasteiger partial charge is 0.481 e. The minimum atomic E-state index is -1.83. The fraction of sp³-hybridized carbons (Fsp3) is 0.800. The number of aliphatic carboxylic acids is 1. The van der Waals surface area contributed by atoms with E-state index in [1.165, 1.54) is 0 Å². The zero-order valence-electron chi connectivity index (χ0n) is 16.0. The number of rotatable bonds is 2. The van der Waals surface area contributed by atoms with E-state index in [2.05, 4.69) is 25.7 Å². The Hall–Kier alpha value is -2.07. The first kappa shape index (κ1) is 30.8. The molecule has 0 bridgehead atoms. The highest BCUT2D eigenvalue weighted by Gasteiger charge is 2.26. The van der Waals surface area contributed by atoms with Crippen molar-refractivity contribution < 1.29 is 50.1 Å². The summed E-state index contributed by atoms with van der Waals surface area (Å²) >= 11 is 0. The van der Waals surface area contributed by atoms with E-state index in [-0.39, 0.29) is 5.41 Å². The molecule has 0 saturated carbocycles. The molecule has 0 heterocycles. The molecule has 0 rings (SSSR count). The Balaban J connectivity index is -0.000000128. The highest BCUT2D eigenvalue weighted by atomic mass is 17.1. The van der Waals surface area contributed by atoms with Crippen molar-refractivity contribution in [2.24, 2.45) is 10.8 Å². The van der Waals surface area contributed by atoms with Crippen LogP contribution in [0.2, 0.25) is 0 Å². The molecule has 0 aromatic rings. The van der Waals surface area contributed by atoms with Crippen LogP contribution in [0.1, 0.15) is 61.8 Å². The lowest BCUT2D eigenvalue weighted by molar-refractivity contribution is -0.318. The number of hydrogen-bond donors (Lipinski definition) is 6. The van der Waals surface area contributed by atoms with Gasteiger partial charge in [0.25, 0.3) is 0 Å². The molecule has 0 fully saturated rings. The quantitative estimate of drug-likeness (QED) is 0.302. The molecule has 0 amide bonds. The van der Waals surface area contributed by atoms with Gasteiger partial charge < -0.3 is 25.5 Å². The van der Waals surface area contributed by atoms with Gasteiger partial charge in [0, 0.05) is 0 Å². The van der Waals surface area contributed by atoms with Gasteiger partial charge in [-0.3, -0.25) is 10.1 Å². The standard InChI is InChI=1S/C8H18O2.C5H10O2.2CH2O3/c1-7(2,3)6-8(4,5)10-9;1-5(2,3)4(6)7;2*2-1(3)4/h9H,6H2,1-5H3;1-3H3,(H,6,7);2*(H2,2,3,4). The van der Waals surface area contributed by atoms with Crippen LogP contribution >= 0.6 is 0 Å². The Kier molecular flexibility index (Phi) is 16.3. The molecule has 10 nitrogen and oxygen atoms in total. The van der Waals surface area contributed by atoms with Crippen LogP contribution in [0.4, 0.5) is 9.59 Å². The fourth-order valence-corrected chi connectivity index (χ4v) is 1.31. The molecule has 0 saturated heterocycles. The Labute approximate surface area is 147 Å². The van der Waals surface area contributed by atoms with Crippen molar-refractivity contribution >= 4 is 18.3 Å². The summed E-state index contributed by atoms with van der Waals surface area (Å²) in [5.74, 6) is -0.757. The second-order valence-corrected chi connectivity index (χ2v) is 7.71. The SMILES string of the molecule is CC(C)(C)C(=O)O.CC(C)(C)CC(C)(C)OO.O=C(O)O.O=C(O)O. The predicted octanol–water partition coefficient (Wildman–Crippen LogP) is 4.25. The first-order valence-corrected chi connectivity index (χ1v) is 7.07. The molecule has 0 aromatic heterocycles. The van der Waals surface area contributed by atoms with Gasteiger partial charge in [-0.2, -0.15) is 0 Å². The molecular formula is C15H32O10. The topological polar surface area (TPSA) is 182 Å². The minimum Gasteiger partial charge on any atom is -0.481 e. The molecule has 0 aliphatic heterocycles. The summed E-state index contributed by atoms with van der Waals surface area (Å²) in [4.78, 5) is 31.4. The first-order chi connectivity index (χ1) is 10.7. The summed E-state index contributed by atoms with van der Waals surface area (Å²) < 4.78 is 0. The van der Waals surface area contributed by atoms with Gasteiger partial charge in [0.2, 0.25) is 0 Å². The molecule has 0 aliphatic carbocycles. The van der Waals surface area contributed by atoms with E-state index in [4.69, 9.17) is 40.4 Å². The minimum absolute atomic E-state index is 0.201. The fourth-order valence-electron chi connectivity index (χ4n) is 1.31. The maximum atomic E-state index is 10.0. The third-order valence-corrected chi connectivity index (χ3v) is 1.84. The highest BCUT2D eigenvalue weighted by molar-refractivity contribution is 5.72. The van der Waals surface area contributed by atoms with Gasteiger partial charge in [-0.1, -0.05) is 20.8 Å². The van der Waals surface area contributed by atoms with Gasteiger partial charge in [-0.05, 0) is 46.5 Å². The van der Waals surface area contributed by atoms with Crippen LogP contribution in [-0.2, 0) is 9.68 Å². The maximum absolute atomic E-state index is 10.0. The molecule has 10 heteroatoms. The highest BCUT2D eigenvalue weighted by Crippen LogP contribution is 2.28. The van der Waals surface area contributed by atoms with Crippen LogP contribution < -0.4 is 0 Å². The molecule has 25 heavy (non-hydrogen) atoms. The largest absolute Gasteiger partial charge is 0.503 e. The summed E-state index contributed by atoms with van der Waals surface area (Å²) in [6.07, 6.45) is -2.82. The summed E-state index contributed by atoms with van der Waals surface area (Å²) in [5.41, 5.74) is -0.801. The molecule has 0 atom stereocenters. The van der Waals surface area contributed by atoms with Crippen LogP contribution in [0.3, 0.4) is 0 Å². The number of carbonyl (C=O) groups is 3. The van der Waals surface area contributed by atoms with E-state index < -0.39 is 29.3 Å². The summed E-state index contributed by atoms with van der Waals surface area (Å²) in [6.45, 7) is 15.1. The Morgan fingerprint density at radius 2 is 0.920 bits per heavy atom. The number of carboxylic acid groups (broad SMARTS) is 5. The average molecular weight is 372 g/mol. The van der Waals surface area contributed by atoms with Crippen molar-refractivity contribution in [3.05, 3.63) is 0 Å². The van der Waals surface area contributed by atoms with Gasteiger partial charge in [-0.15, -0.1) is 0 Å². The molecule has 0 radical (unpaired) electrons. The predicted molar refractivity (Wildman–Crippen MR) is 90.3 cm³/mol. The van der Waals surface area contributed by atoms with Crippen LogP contribution in [0, 0.1) is 10.8 Å². The lowest BCUT2D eigenvalue weighted by atomic mass is 9.84.